The molecule has 2 aromatic carbocycles. The Labute approximate surface area is 180 Å². The highest BCUT2D eigenvalue weighted by Gasteiger charge is 2.18. The van der Waals surface area contributed by atoms with Crippen LogP contribution < -0.4 is 9.64 Å². The van der Waals surface area contributed by atoms with E-state index in [2.05, 4.69) is 4.98 Å². The van der Waals surface area contributed by atoms with Crippen molar-refractivity contribution >= 4 is 29.2 Å². The highest BCUT2D eigenvalue weighted by atomic mass is 35.5. The van der Waals surface area contributed by atoms with Crippen LogP contribution in [0.25, 0.3) is 0 Å². The van der Waals surface area contributed by atoms with Crippen LogP contribution in [0.15, 0.2) is 73.1 Å². The number of benzene rings is 2. The summed E-state index contributed by atoms with van der Waals surface area (Å²) in [6.45, 7) is 2.24. The van der Waals surface area contributed by atoms with E-state index in [9.17, 15) is 9.59 Å². The highest BCUT2D eigenvalue weighted by Crippen LogP contribution is 2.20. The molecule has 6 nitrogen and oxygen atoms in total. The van der Waals surface area contributed by atoms with E-state index in [1.165, 1.54) is 0 Å². The maximum atomic E-state index is 13.0. The lowest BCUT2D eigenvalue weighted by Crippen LogP contribution is -2.34. The van der Waals surface area contributed by atoms with E-state index in [0.29, 0.717) is 35.2 Å². The van der Waals surface area contributed by atoms with Crippen LogP contribution in [0.3, 0.4) is 0 Å². The van der Waals surface area contributed by atoms with E-state index in [4.69, 9.17) is 21.1 Å². The molecule has 0 atom stereocenters. The van der Waals surface area contributed by atoms with E-state index in [-0.39, 0.29) is 12.5 Å². The number of amides is 1. The third kappa shape index (κ3) is 5.81. The summed E-state index contributed by atoms with van der Waals surface area (Å²) in [5, 5.41) is 0.592. The summed E-state index contributed by atoms with van der Waals surface area (Å²) in [7, 11) is 0. The molecule has 0 aliphatic carbocycles. The second-order valence-corrected chi connectivity index (χ2v) is 6.78. The molecule has 0 fully saturated rings. The number of halogens is 1. The van der Waals surface area contributed by atoms with Crippen molar-refractivity contribution in [1.29, 1.82) is 0 Å². The number of ether oxygens (including phenoxy) is 2. The Morgan fingerprint density at radius 2 is 1.63 bits per heavy atom. The van der Waals surface area contributed by atoms with Gasteiger partial charge in [-0.3, -0.25) is 9.78 Å². The fourth-order valence-corrected chi connectivity index (χ4v) is 2.87. The van der Waals surface area contributed by atoms with Gasteiger partial charge in [-0.25, -0.2) is 4.79 Å². The normalized spacial score (nSPS) is 10.3. The van der Waals surface area contributed by atoms with Gasteiger partial charge in [-0.2, -0.15) is 0 Å². The van der Waals surface area contributed by atoms with Gasteiger partial charge < -0.3 is 14.4 Å². The van der Waals surface area contributed by atoms with E-state index < -0.39 is 5.97 Å². The zero-order chi connectivity index (χ0) is 21.3. The molecular weight excluding hydrogens is 404 g/mol. The number of esters is 1. The zero-order valence-electron chi connectivity index (χ0n) is 16.5. The van der Waals surface area contributed by atoms with Crippen LogP contribution >= 0.6 is 11.6 Å². The molecular formula is C23H21ClN2O4. The molecule has 0 radical (unpaired) electrons. The van der Waals surface area contributed by atoms with E-state index in [1.54, 1.807) is 72.7 Å². The van der Waals surface area contributed by atoms with Gasteiger partial charge in [0, 0.05) is 23.1 Å². The number of rotatable bonds is 8. The monoisotopic (exact) mass is 424 g/mol. The first-order valence-corrected chi connectivity index (χ1v) is 9.79. The summed E-state index contributed by atoms with van der Waals surface area (Å²) in [5.74, 6) is -0.0814. The number of hydrogen-bond acceptors (Lipinski definition) is 5. The zero-order valence-corrected chi connectivity index (χ0v) is 17.2. The highest BCUT2D eigenvalue weighted by molar-refractivity contribution is 6.30. The Hall–Kier alpha value is -3.38. The third-order valence-electron chi connectivity index (χ3n) is 4.26. The van der Waals surface area contributed by atoms with Crippen molar-refractivity contribution in [3.8, 4) is 5.75 Å². The predicted molar refractivity (Wildman–Crippen MR) is 115 cm³/mol. The summed E-state index contributed by atoms with van der Waals surface area (Å²) in [6, 6.07) is 17.2. The second-order valence-electron chi connectivity index (χ2n) is 6.35. The summed E-state index contributed by atoms with van der Waals surface area (Å²) < 4.78 is 10.6. The topological polar surface area (TPSA) is 68.7 Å². The number of pyridine rings is 1. The minimum Gasteiger partial charge on any atom is -0.484 e. The smallest absolute Gasteiger partial charge is 0.338 e. The number of carbonyl (C=O) groups is 2. The fraction of sp³-hybridized carbons (Fsp3) is 0.174. The molecule has 3 aromatic rings. The standard InChI is InChI=1S/C23H21ClN2O4/c1-2-29-23(28)18-3-7-20(8-4-18)26(15-17-11-13-25-14-12-17)22(27)16-30-21-9-5-19(24)6-10-21/h3-14H,2,15-16H2,1H3. The lowest BCUT2D eigenvalue weighted by Gasteiger charge is -2.23. The molecule has 1 heterocycles. The Morgan fingerprint density at radius 3 is 2.27 bits per heavy atom. The SMILES string of the molecule is CCOC(=O)c1ccc(N(Cc2ccncc2)C(=O)COc2ccc(Cl)cc2)cc1. The van der Waals surface area contributed by atoms with Gasteiger partial charge in [0.25, 0.3) is 5.91 Å². The van der Waals surface area contributed by atoms with Crippen LogP contribution in [0, 0.1) is 0 Å². The molecule has 0 saturated carbocycles. The van der Waals surface area contributed by atoms with Gasteiger partial charge in [-0.05, 0) is 73.2 Å². The molecule has 0 N–H and O–H groups in total. The minimum atomic E-state index is -0.401. The maximum absolute atomic E-state index is 13.0. The van der Waals surface area contributed by atoms with Gasteiger partial charge in [0.05, 0.1) is 18.7 Å². The molecule has 3 rings (SSSR count). The van der Waals surface area contributed by atoms with Gasteiger partial charge in [-0.15, -0.1) is 0 Å². The van der Waals surface area contributed by atoms with Crippen molar-refractivity contribution in [1.82, 2.24) is 4.98 Å². The summed E-state index contributed by atoms with van der Waals surface area (Å²) in [5.41, 5.74) is 1.98. The Morgan fingerprint density at radius 1 is 0.967 bits per heavy atom. The number of anilines is 1. The Bertz CT molecular complexity index is 976. The number of carbonyl (C=O) groups excluding carboxylic acids is 2. The molecule has 1 aromatic heterocycles. The maximum Gasteiger partial charge on any atom is 0.338 e. The quantitative estimate of drug-likeness (QED) is 0.497. The number of nitrogens with zero attached hydrogens (tertiary/aromatic N) is 2. The largest absolute Gasteiger partial charge is 0.484 e. The molecule has 7 heteroatoms. The van der Waals surface area contributed by atoms with Crippen molar-refractivity contribution in [3.05, 3.63) is 89.2 Å². The van der Waals surface area contributed by atoms with Crippen LogP contribution in [0.4, 0.5) is 5.69 Å². The van der Waals surface area contributed by atoms with Gasteiger partial charge >= 0.3 is 5.97 Å². The molecule has 154 valence electrons. The van der Waals surface area contributed by atoms with Crippen LogP contribution in [0.1, 0.15) is 22.8 Å². The first-order chi connectivity index (χ1) is 14.6. The molecule has 0 saturated heterocycles. The van der Waals surface area contributed by atoms with Crippen molar-refractivity contribution in [2.24, 2.45) is 0 Å². The molecule has 0 spiro atoms. The van der Waals surface area contributed by atoms with Crippen LogP contribution in [-0.4, -0.2) is 30.1 Å². The van der Waals surface area contributed by atoms with Crippen LogP contribution in [0.2, 0.25) is 5.02 Å². The fourth-order valence-electron chi connectivity index (χ4n) is 2.74. The lowest BCUT2D eigenvalue weighted by atomic mass is 10.1. The van der Waals surface area contributed by atoms with Gasteiger partial charge in [-0.1, -0.05) is 11.6 Å². The minimum absolute atomic E-state index is 0.146. The van der Waals surface area contributed by atoms with Crippen molar-refractivity contribution in [2.45, 2.75) is 13.5 Å². The van der Waals surface area contributed by atoms with Gasteiger partial charge in [0.2, 0.25) is 0 Å². The molecule has 0 aliphatic heterocycles. The third-order valence-corrected chi connectivity index (χ3v) is 4.51. The first-order valence-electron chi connectivity index (χ1n) is 9.41. The van der Waals surface area contributed by atoms with Gasteiger partial charge in [0.1, 0.15) is 5.75 Å². The second kappa shape index (κ2) is 10.4. The molecule has 30 heavy (non-hydrogen) atoms. The van der Waals surface area contributed by atoms with Gasteiger partial charge in [0.15, 0.2) is 6.61 Å². The average molecular weight is 425 g/mol. The van der Waals surface area contributed by atoms with E-state index in [1.807, 2.05) is 12.1 Å². The van der Waals surface area contributed by atoms with Crippen molar-refractivity contribution < 1.29 is 19.1 Å². The van der Waals surface area contributed by atoms with E-state index >= 15 is 0 Å². The lowest BCUT2D eigenvalue weighted by molar-refractivity contribution is -0.120. The predicted octanol–water partition coefficient (Wildman–Crippen LogP) is 4.52. The molecule has 1 amide bonds. The summed E-state index contributed by atoms with van der Waals surface area (Å²) in [6.07, 6.45) is 3.35. The summed E-state index contributed by atoms with van der Waals surface area (Å²) in [4.78, 5) is 30.5. The van der Waals surface area contributed by atoms with Crippen molar-refractivity contribution in [2.75, 3.05) is 18.1 Å². The first kappa shape index (κ1) is 21.3. The van der Waals surface area contributed by atoms with Crippen LogP contribution in [0.5, 0.6) is 5.75 Å². The Balaban J connectivity index is 1.78. The average Bonchev–Trinajstić information content (AvgIpc) is 2.78. The molecule has 0 aliphatic rings. The molecule has 0 bridgehead atoms. The molecule has 0 unspecified atom stereocenters. The van der Waals surface area contributed by atoms with E-state index in [0.717, 1.165) is 5.56 Å². The summed E-state index contributed by atoms with van der Waals surface area (Å²) >= 11 is 5.88. The number of aromatic nitrogens is 1. The Kier molecular flexibility index (Phi) is 7.40. The number of hydrogen-bond donors (Lipinski definition) is 0. The van der Waals surface area contributed by atoms with Crippen molar-refractivity contribution in [3.63, 3.8) is 0 Å². The van der Waals surface area contributed by atoms with Crippen LogP contribution in [-0.2, 0) is 16.1 Å².